The van der Waals surface area contributed by atoms with Crippen LogP contribution in [-0.2, 0) is 17.8 Å². The van der Waals surface area contributed by atoms with Crippen molar-refractivity contribution in [2.24, 2.45) is 5.92 Å². The Bertz CT molecular complexity index is 983. The molecule has 1 aromatic heterocycles. The quantitative estimate of drug-likeness (QED) is 0.798. The Labute approximate surface area is 176 Å². The molecule has 0 aliphatic carbocycles. The summed E-state index contributed by atoms with van der Waals surface area (Å²) < 4.78 is 1.85. The third-order valence-corrected chi connectivity index (χ3v) is 6.04. The molecule has 2 aromatic rings. The Morgan fingerprint density at radius 2 is 1.87 bits per heavy atom. The van der Waals surface area contributed by atoms with Crippen molar-refractivity contribution in [3.8, 4) is 0 Å². The Balaban J connectivity index is 1.27. The van der Waals surface area contributed by atoms with Gasteiger partial charge >= 0.3 is 6.03 Å². The van der Waals surface area contributed by atoms with Gasteiger partial charge in [-0.05, 0) is 42.5 Å². The lowest BCUT2D eigenvalue weighted by Crippen LogP contribution is -2.52. The Hall–Kier alpha value is -3.09. The van der Waals surface area contributed by atoms with E-state index in [2.05, 4.69) is 17.6 Å². The minimum absolute atomic E-state index is 0.0375. The van der Waals surface area contributed by atoms with Gasteiger partial charge in [0.15, 0.2) is 0 Å². The fourth-order valence-electron chi connectivity index (χ4n) is 4.50. The summed E-state index contributed by atoms with van der Waals surface area (Å²) in [6.07, 6.45) is 2.19. The lowest BCUT2D eigenvalue weighted by atomic mass is 9.83. The van der Waals surface area contributed by atoms with Crippen LogP contribution in [-0.4, -0.2) is 41.0 Å². The highest BCUT2D eigenvalue weighted by Crippen LogP contribution is 2.34. The van der Waals surface area contributed by atoms with Gasteiger partial charge in [-0.1, -0.05) is 25.1 Å². The van der Waals surface area contributed by atoms with E-state index in [1.807, 2.05) is 39.8 Å². The van der Waals surface area contributed by atoms with Crippen LogP contribution in [0.1, 0.15) is 36.9 Å². The van der Waals surface area contributed by atoms with Crippen molar-refractivity contribution in [3.05, 3.63) is 64.1 Å². The highest BCUT2D eigenvalue weighted by Gasteiger charge is 2.36. The van der Waals surface area contributed by atoms with E-state index in [9.17, 15) is 14.4 Å². The fourth-order valence-corrected chi connectivity index (χ4v) is 4.50. The predicted octanol–water partition coefficient (Wildman–Crippen LogP) is 2.57. The number of likely N-dealkylation sites (tertiary alicyclic amines) is 1. The Morgan fingerprint density at radius 1 is 1.07 bits per heavy atom. The van der Waals surface area contributed by atoms with Gasteiger partial charge in [0.2, 0.25) is 5.91 Å². The molecule has 7 nitrogen and oxygen atoms in total. The second-order valence-corrected chi connectivity index (χ2v) is 8.18. The Kier molecular flexibility index (Phi) is 5.88. The zero-order valence-corrected chi connectivity index (χ0v) is 17.3. The fraction of sp³-hybridized carbons (Fsp3) is 0.435. The molecule has 0 unspecified atom stereocenters. The number of nitrogens with one attached hydrogen (secondary N) is 2. The van der Waals surface area contributed by atoms with Crippen molar-refractivity contribution < 1.29 is 9.59 Å². The standard InChI is InChI=1S/C23H28N4O3/c1-2-16-6-8-19(9-7-16)25-21(28)10-11-24-23(30)26-13-17-12-18(15-26)20-4-3-5-22(29)27(20)14-17/h3-9,17-18H,2,10-15H2,1H3,(H,24,30)(H,25,28)/t17-,18+/m0/s1. The molecule has 0 saturated carbocycles. The number of carbonyl (C=O) groups is 2. The number of benzene rings is 1. The number of aromatic nitrogens is 1. The smallest absolute Gasteiger partial charge is 0.317 e. The van der Waals surface area contributed by atoms with Crippen molar-refractivity contribution in [2.45, 2.75) is 38.6 Å². The number of rotatable bonds is 5. The summed E-state index contributed by atoms with van der Waals surface area (Å²) in [7, 11) is 0. The first-order chi connectivity index (χ1) is 14.5. The van der Waals surface area contributed by atoms with Gasteiger partial charge in [-0.25, -0.2) is 4.79 Å². The Morgan fingerprint density at radius 3 is 2.63 bits per heavy atom. The van der Waals surface area contributed by atoms with Gasteiger partial charge in [-0.2, -0.15) is 0 Å². The van der Waals surface area contributed by atoms with Crippen LogP contribution in [0, 0.1) is 5.92 Å². The number of nitrogens with zero attached hydrogens (tertiary/aromatic N) is 2. The molecule has 7 heteroatoms. The lowest BCUT2D eigenvalue weighted by molar-refractivity contribution is -0.116. The van der Waals surface area contributed by atoms with E-state index in [0.29, 0.717) is 26.2 Å². The summed E-state index contributed by atoms with van der Waals surface area (Å²) in [6.45, 7) is 4.28. The molecular weight excluding hydrogens is 380 g/mol. The first-order valence-electron chi connectivity index (χ1n) is 10.6. The van der Waals surface area contributed by atoms with Gasteiger partial charge in [-0.3, -0.25) is 9.59 Å². The van der Waals surface area contributed by atoms with E-state index in [-0.39, 0.29) is 35.8 Å². The number of aryl methyl sites for hydroxylation is 1. The molecule has 2 atom stereocenters. The first kappa shape index (κ1) is 20.2. The molecule has 1 saturated heterocycles. The molecule has 1 aromatic carbocycles. The minimum Gasteiger partial charge on any atom is -0.337 e. The lowest BCUT2D eigenvalue weighted by Gasteiger charge is -2.42. The number of anilines is 1. The van der Waals surface area contributed by atoms with Crippen molar-refractivity contribution in [1.82, 2.24) is 14.8 Å². The summed E-state index contributed by atoms with van der Waals surface area (Å²) >= 11 is 0. The summed E-state index contributed by atoms with van der Waals surface area (Å²) in [6, 6.07) is 13.0. The van der Waals surface area contributed by atoms with Gasteiger partial charge in [0.25, 0.3) is 5.56 Å². The molecule has 3 heterocycles. The van der Waals surface area contributed by atoms with Gasteiger partial charge < -0.3 is 20.1 Å². The van der Waals surface area contributed by atoms with Crippen LogP contribution in [0.25, 0.3) is 0 Å². The van der Waals surface area contributed by atoms with Crippen LogP contribution < -0.4 is 16.2 Å². The topological polar surface area (TPSA) is 83.4 Å². The predicted molar refractivity (Wildman–Crippen MR) is 116 cm³/mol. The molecule has 2 aliphatic heterocycles. The molecule has 2 bridgehead atoms. The van der Waals surface area contributed by atoms with Crippen LogP contribution >= 0.6 is 0 Å². The number of hydrogen-bond acceptors (Lipinski definition) is 3. The summed E-state index contributed by atoms with van der Waals surface area (Å²) in [5, 5.41) is 5.73. The average molecular weight is 409 g/mol. The molecular formula is C23H28N4O3. The van der Waals surface area contributed by atoms with Gasteiger partial charge in [0, 0.05) is 56.0 Å². The van der Waals surface area contributed by atoms with Crippen molar-refractivity contribution in [1.29, 1.82) is 0 Å². The van der Waals surface area contributed by atoms with E-state index in [4.69, 9.17) is 0 Å². The highest BCUT2D eigenvalue weighted by molar-refractivity contribution is 5.91. The first-order valence-corrected chi connectivity index (χ1v) is 10.6. The van der Waals surface area contributed by atoms with E-state index >= 15 is 0 Å². The van der Waals surface area contributed by atoms with Crippen molar-refractivity contribution in [3.63, 3.8) is 0 Å². The molecule has 30 heavy (non-hydrogen) atoms. The highest BCUT2D eigenvalue weighted by atomic mass is 16.2. The number of amides is 3. The largest absolute Gasteiger partial charge is 0.337 e. The third kappa shape index (κ3) is 4.40. The molecule has 1 fully saturated rings. The molecule has 2 N–H and O–H groups in total. The maximum Gasteiger partial charge on any atom is 0.317 e. The molecule has 3 amide bonds. The number of piperidine rings is 1. The van der Waals surface area contributed by atoms with Crippen molar-refractivity contribution >= 4 is 17.6 Å². The monoisotopic (exact) mass is 408 g/mol. The second kappa shape index (κ2) is 8.73. The van der Waals surface area contributed by atoms with Gasteiger partial charge in [-0.15, -0.1) is 0 Å². The van der Waals surface area contributed by atoms with Crippen LogP contribution in [0.2, 0.25) is 0 Å². The van der Waals surface area contributed by atoms with Gasteiger partial charge in [0.1, 0.15) is 0 Å². The van der Waals surface area contributed by atoms with Gasteiger partial charge in [0.05, 0.1) is 0 Å². The molecule has 0 spiro atoms. The third-order valence-electron chi connectivity index (χ3n) is 6.04. The second-order valence-electron chi connectivity index (χ2n) is 8.18. The summed E-state index contributed by atoms with van der Waals surface area (Å²) in [5.74, 6) is 0.353. The van der Waals surface area contributed by atoms with E-state index in [1.54, 1.807) is 12.1 Å². The number of pyridine rings is 1. The summed E-state index contributed by atoms with van der Waals surface area (Å²) in [5.41, 5.74) is 3.04. The SMILES string of the molecule is CCc1ccc(NC(=O)CCNC(=O)N2C[C@@H]3C[C@H](C2)c2cccc(=O)n2C3)cc1. The van der Waals surface area contributed by atoms with E-state index < -0.39 is 0 Å². The van der Waals surface area contributed by atoms with Crippen LogP contribution in [0.3, 0.4) is 0 Å². The molecule has 4 rings (SSSR count). The van der Waals surface area contributed by atoms with Crippen molar-refractivity contribution in [2.75, 3.05) is 25.0 Å². The zero-order chi connectivity index (χ0) is 21.1. The number of urea groups is 1. The number of carbonyl (C=O) groups excluding carboxylic acids is 2. The van der Waals surface area contributed by atoms with E-state index in [0.717, 1.165) is 24.2 Å². The zero-order valence-electron chi connectivity index (χ0n) is 17.3. The molecule has 0 radical (unpaired) electrons. The average Bonchev–Trinajstić information content (AvgIpc) is 2.75. The maximum absolute atomic E-state index is 12.6. The number of fused-ring (bicyclic) bond motifs is 4. The maximum atomic E-state index is 12.6. The number of hydrogen-bond donors (Lipinski definition) is 2. The van der Waals surface area contributed by atoms with Crippen LogP contribution in [0.15, 0.2) is 47.3 Å². The van der Waals surface area contributed by atoms with E-state index in [1.165, 1.54) is 5.56 Å². The molecule has 2 aliphatic rings. The normalized spacial score (nSPS) is 19.7. The van der Waals surface area contributed by atoms with Crippen LogP contribution in [0.5, 0.6) is 0 Å². The van der Waals surface area contributed by atoms with Crippen LogP contribution in [0.4, 0.5) is 10.5 Å². The minimum atomic E-state index is -0.142. The summed E-state index contributed by atoms with van der Waals surface area (Å²) in [4.78, 5) is 38.7. The molecule has 158 valence electrons.